The first kappa shape index (κ1) is 9.95. The van der Waals surface area contributed by atoms with Crippen LogP contribution in [-0.2, 0) is 19.0 Å². The zero-order valence-electron chi connectivity index (χ0n) is 7.15. The van der Waals surface area contributed by atoms with E-state index in [2.05, 4.69) is 4.18 Å². The van der Waals surface area contributed by atoms with E-state index in [0.29, 0.717) is 5.92 Å². The van der Waals surface area contributed by atoms with Crippen molar-refractivity contribution in [1.29, 1.82) is 0 Å². The monoisotopic (exact) mass is 194 g/mol. The van der Waals surface area contributed by atoms with E-state index in [1.54, 1.807) is 0 Å². The topological polar surface area (TPSA) is 52.6 Å². The summed E-state index contributed by atoms with van der Waals surface area (Å²) in [4.78, 5) is 0. The molecule has 0 N–H and O–H groups in total. The molecule has 0 bridgehead atoms. The molecule has 1 aliphatic rings. The zero-order valence-corrected chi connectivity index (χ0v) is 7.97. The van der Waals surface area contributed by atoms with Crippen molar-refractivity contribution >= 4 is 10.1 Å². The molecular formula is C7H14O4S. The summed E-state index contributed by atoms with van der Waals surface area (Å²) in [5.74, 6) is 0.478. The Kier molecular flexibility index (Phi) is 3.49. The second kappa shape index (κ2) is 4.20. The Morgan fingerprint density at radius 2 is 2.33 bits per heavy atom. The second-order valence-corrected chi connectivity index (χ2v) is 4.69. The number of ether oxygens (including phenoxy) is 1. The van der Waals surface area contributed by atoms with Crippen LogP contribution in [0.25, 0.3) is 0 Å². The first-order valence-electron chi connectivity index (χ1n) is 4.00. The van der Waals surface area contributed by atoms with Crippen molar-refractivity contribution in [3.05, 3.63) is 0 Å². The van der Waals surface area contributed by atoms with E-state index in [0.717, 1.165) is 32.3 Å². The van der Waals surface area contributed by atoms with Crippen molar-refractivity contribution < 1.29 is 17.3 Å². The van der Waals surface area contributed by atoms with Gasteiger partial charge in [-0.3, -0.25) is 4.18 Å². The number of hydrogen-bond acceptors (Lipinski definition) is 4. The molecule has 0 aromatic rings. The van der Waals surface area contributed by atoms with E-state index in [1.165, 1.54) is 0 Å². The molecule has 0 unspecified atom stereocenters. The zero-order chi connectivity index (χ0) is 9.03. The summed E-state index contributed by atoms with van der Waals surface area (Å²) in [6.07, 6.45) is 2.86. The molecular weight excluding hydrogens is 180 g/mol. The van der Waals surface area contributed by atoms with Gasteiger partial charge in [-0.05, 0) is 18.8 Å². The third kappa shape index (κ3) is 4.04. The highest BCUT2D eigenvalue weighted by Gasteiger charge is 2.15. The molecule has 0 aliphatic carbocycles. The van der Waals surface area contributed by atoms with Gasteiger partial charge >= 0.3 is 0 Å². The first-order valence-corrected chi connectivity index (χ1v) is 5.82. The lowest BCUT2D eigenvalue weighted by Gasteiger charge is -2.05. The lowest BCUT2D eigenvalue weighted by molar-refractivity contribution is 0.178. The van der Waals surface area contributed by atoms with Crippen LogP contribution in [0.3, 0.4) is 0 Å². The predicted molar refractivity (Wildman–Crippen MR) is 44.3 cm³/mol. The molecule has 0 aromatic carbocycles. The Morgan fingerprint density at radius 3 is 2.83 bits per heavy atom. The van der Waals surface area contributed by atoms with Gasteiger partial charge < -0.3 is 4.74 Å². The quantitative estimate of drug-likeness (QED) is 0.607. The lowest BCUT2D eigenvalue weighted by atomic mass is 10.1. The van der Waals surface area contributed by atoms with Crippen LogP contribution in [-0.4, -0.2) is 34.5 Å². The van der Waals surface area contributed by atoms with Crippen LogP contribution in [0, 0.1) is 5.92 Å². The van der Waals surface area contributed by atoms with Gasteiger partial charge in [0.15, 0.2) is 0 Å². The molecule has 1 heterocycles. The Hall–Kier alpha value is -0.130. The average Bonchev–Trinajstić information content (AvgIpc) is 2.36. The highest BCUT2D eigenvalue weighted by molar-refractivity contribution is 7.85. The molecule has 12 heavy (non-hydrogen) atoms. The van der Waals surface area contributed by atoms with Crippen LogP contribution in [0.15, 0.2) is 0 Å². The van der Waals surface area contributed by atoms with Crippen LogP contribution >= 0.6 is 0 Å². The Balaban J connectivity index is 2.09. The molecule has 0 amide bonds. The highest BCUT2D eigenvalue weighted by atomic mass is 32.2. The summed E-state index contributed by atoms with van der Waals surface area (Å²) < 4.78 is 30.8. The van der Waals surface area contributed by atoms with Crippen LogP contribution in [0.1, 0.15) is 12.8 Å². The smallest absolute Gasteiger partial charge is 0.264 e. The van der Waals surface area contributed by atoms with E-state index >= 15 is 0 Å². The van der Waals surface area contributed by atoms with E-state index in [9.17, 15) is 8.42 Å². The van der Waals surface area contributed by atoms with E-state index in [1.807, 2.05) is 0 Å². The molecule has 1 saturated heterocycles. The largest absolute Gasteiger partial charge is 0.381 e. The van der Waals surface area contributed by atoms with E-state index in [-0.39, 0.29) is 6.61 Å². The summed E-state index contributed by atoms with van der Waals surface area (Å²) >= 11 is 0. The van der Waals surface area contributed by atoms with Crippen LogP contribution < -0.4 is 0 Å². The fourth-order valence-electron chi connectivity index (χ4n) is 1.18. The standard InChI is InChI=1S/C7H14O4S/c1-12(8,9)11-5-3-7-2-4-10-6-7/h7H,2-6H2,1H3/t7-/m0/s1. The van der Waals surface area contributed by atoms with Gasteiger partial charge in [-0.25, -0.2) is 0 Å². The van der Waals surface area contributed by atoms with Crippen LogP contribution in [0.5, 0.6) is 0 Å². The maximum absolute atomic E-state index is 10.6. The van der Waals surface area contributed by atoms with Gasteiger partial charge in [-0.1, -0.05) is 0 Å². The number of hydrogen-bond donors (Lipinski definition) is 0. The van der Waals surface area contributed by atoms with Gasteiger partial charge in [0.25, 0.3) is 10.1 Å². The summed E-state index contributed by atoms with van der Waals surface area (Å²) in [5.41, 5.74) is 0. The summed E-state index contributed by atoms with van der Waals surface area (Å²) in [6, 6.07) is 0. The molecule has 0 aromatic heterocycles. The van der Waals surface area contributed by atoms with Crippen molar-refractivity contribution in [2.45, 2.75) is 12.8 Å². The molecule has 4 nitrogen and oxygen atoms in total. The van der Waals surface area contributed by atoms with Gasteiger partial charge in [-0.15, -0.1) is 0 Å². The maximum Gasteiger partial charge on any atom is 0.264 e. The van der Waals surface area contributed by atoms with Gasteiger partial charge in [0.1, 0.15) is 0 Å². The minimum absolute atomic E-state index is 0.285. The van der Waals surface area contributed by atoms with Crippen molar-refractivity contribution in [2.75, 3.05) is 26.1 Å². The number of rotatable bonds is 4. The Morgan fingerprint density at radius 1 is 1.58 bits per heavy atom. The molecule has 0 spiro atoms. The first-order chi connectivity index (χ1) is 5.58. The molecule has 0 radical (unpaired) electrons. The average molecular weight is 194 g/mol. The molecule has 1 fully saturated rings. The summed E-state index contributed by atoms with van der Waals surface area (Å²) in [7, 11) is -3.26. The Bertz CT molecular complexity index is 216. The SMILES string of the molecule is CS(=O)(=O)OCC[C@@H]1CCOC1. The third-order valence-corrected chi connectivity index (χ3v) is 2.44. The normalized spacial score (nSPS) is 24.6. The van der Waals surface area contributed by atoms with Crippen molar-refractivity contribution in [3.63, 3.8) is 0 Å². The summed E-state index contributed by atoms with van der Waals surface area (Å²) in [6.45, 7) is 1.82. The van der Waals surface area contributed by atoms with Gasteiger partial charge in [0, 0.05) is 13.2 Å². The fourth-order valence-corrected chi connectivity index (χ4v) is 1.58. The molecule has 1 rings (SSSR count). The summed E-state index contributed by atoms with van der Waals surface area (Å²) in [5, 5.41) is 0. The molecule has 1 aliphatic heterocycles. The molecule has 72 valence electrons. The van der Waals surface area contributed by atoms with Crippen LogP contribution in [0.4, 0.5) is 0 Å². The van der Waals surface area contributed by atoms with Crippen LogP contribution in [0.2, 0.25) is 0 Å². The van der Waals surface area contributed by atoms with Gasteiger partial charge in [-0.2, -0.15) is 8.42 Å². The van der Waals surface area contributed by atoms with Gasteiger partial charge in [0.05, 0.1) is 12.9 Å². The minimum Gasteiger partial charge on any atom is -0.381 e. The lowest BCUT2D eigenvalue weighted by Crippen LogP contribution is -2.09. The second-order valence-electron chi connectivity index (χ2n) is 3.04. The van der Waals surface area contributed by atoms with Crippen molar-refractivity contribution in [3.8, 4) is 0 Å². The molecule has 5 heteroatoms. The third-order valence-electron chi connectivity index (χ3n) is 1.85. The van der Waals surface area contributed by atoms with Crippen molar-refractivity contribution in [2.24, 2.45) is 5.92 Å². The van der Waals surface area contributed by atoms with E-state index in [4.69, 9.17) is 4.74 Å². The highest BCUT2D eigenvalue weighted by Crippen LogP contribution is 2.16. The van der Waals surface area contributed by atoms with E-state index < -0.39 is 10.1 Å². The molecule has 1 atom stereocenters. The molecule has 0 saturated carbocycles. The minimum atomic E-state index is -3.26. The maximum atomic E-state index is 10.6. The fraction of sp³-hybridized carbons (Fsp3) is 1.00. The predicted octanol–water partition coefficient (Wildman–Crippen LogP) is 0.389. The van der Waals surface area contributed by atoms with Crippen molar-refractivity contribution in [1.82, 2.24) is 0 Å². The Labute approximate surface area is 73.0 Å². The van der Waals surface area contributed by atoms with Gasteiger partial charge in [0.2, 0.25) is 0 Å².